The van der Waals surface area contributed by atoms with Gasteiger partial charge in [-0.2, -0.15) is 13.2 Å². The molecule has 0 saturated heterocycles. The largest absolute Gasteiger partial charge is 0.481 e. The number of rotatable bonds is 9. The van der Waals surface area contributed by atoms with Crippen LogP contribution in [-0.2, 0) is 17.3 Å². The summed E-state index contributed by atoms with van der Waals surface area (Å²) in [5, 5.41) is 12.1. The van der Waals surface area contributed by atoms with Gasteiger partial charge in [0, 0.05) is 30.3 Å². The number of alkyl halides is 3. The van der Waals surface area contributed by atoms with Crippen LogP contribution in [0.15, 0.2) is 42.5 Å². The minimum Gasteiger partial charge on any atom is -0.481 e. The highest BCUT2D eigenvalue weighted by Gasteiger charge is 2.36. The minimum atomic E-state index is -5.13. The molecule has 0 aliphatic heterocycles. The van der Waals surface area contributed by atoms with Gasteiger partial charge in [-0.1, -0.05) is 0 Å². The summed E-state index contributed by atoms with van der Waals surface area (Å²) in [7, 11) is 1.42. The lowest BCUT2D eigenvalue weighted by Crippen LogP contribution is -2.40. The number of halogens is 5. The lowest BCUT2D eigenvalue weighted by molar-refractivity contribution is -0.139. The molecule has 1 amide bonds. The topological polar surface area (TPSA) is 127 Å². The average molecular weight is 611 g/mol. The molecule has 1 unspecified atom stereocenters. The zero-order valence-electron chi connectivity index (χ0n) is 24.0. The van der Waals surface area contributed by atoms with Gasteiger partial charge < -0.3 is 30.5 Å². The van der Waals surface area contributed by atoms with E-state index in [1.54, 1.807) is 32.9 Å². The third kappa shape index (κ3) is 8.23. The maximum absolute atomic E-state index is 14.6. The number of hydrogen-bond acceptors (Lipinski definition) is 7. The van der Waals surface area contributed by atoms with Crippen LogP contribution in [0.2, 0.25) is 0 Å². The Bertz CT molecular complexity index is 1510. The van der Waals surface area contributed by atoms with Crippen molar-refractivity contribution in [3.05, 3.63) is 76.5 Å². The fourth-order valence-corrected chi connectivity index (χ4v) is 4.17. The molecule has 1 aromatic heterocycles. The van der Waals surface area contributed by atoms with Gasteiger partial charge in [-0.25, -0.2) is 23.4 Å². The number of carboxylic acid groups (broad SMARTS) is 1. The van der Waals surface area contributed by atoms with Crippen LogP contribution < -0.4 is 15.8 Å². The van der Waals surface area contributed by atoms with Crippen LogP contribution in [0.5, 0.6) is 5.88 Å². The second kappa shape index (κ2) is 12.7. The first-order valence-electron chi connectivity index (χ1n) is 12.9. The molecule has 0 aliphatic carbocycles. The highest BCUT2D eigenvalue weighted by molar-refractivity contribution is 5.95. The van der Waals surface area contributed by atoms with E-state index >= 15 is 0 Å². The maximum Gasteiger partial charge on any atom is 0.419 e. The Balaban J connectivity index is 2.08. The quantitative estimate of drug-likeness (QED) is 0.222. The number of nitrogens with zero attached hydrogens (tertiary/aromatic N) is 2. The van der Waals surface area contributed by atoms with Gasteiger partial charge in [-0.3, -0.25) is 0 Å². The minimum absolute atomic E-state index is 0.0382. The Kier molecular flexibility index (Phi) is 9.72. The Labute approximate surface area is 244 Å². The summed E-state index contributed by atoms with van der Waals surface area (Å²) in [6, 6.07) is 5.91. The highest BCUT2D eigenvalue weighted by atomic mass is 19.4. The normalized spacial score (nSPS) is 12.4. The first-order valence-corrected chi connectivity index (χ1v) is 12.9. The number of pyridine rings is 1. The van der Waals surface area contributed by atoms with Crippen LogP contribution in [0.25, 0.3) is 0 Å². The number of carboxylic acids is 1. The molecule has 0 saturated carbocycles. The molecule has 3 aromatic rings. The predicted octanol–water partition coefficient (Wildman–Crippen LogP) is 6.95. The van der Waals surface area contributed by atoms with E-state index in [9.17, 15) is 36.6 Å². The average Bonchev–Trinajstić information content (AvgIpc) is 2.89. The summed E-state index contributed by atoms with van der Waals surface area (Å²) >= 11 is 0. The number of benzene rings is 2. The Morgan fingerprint density at radius 2 is 1.74 bits per heavy atom. The van der Waals surface area contributed by atoms with Crippen LogP contribution in [-0.4, -0.2) is 46.3 Å². The van der Waals surface area contributed by atoms with Crippen molar-refractivity contribution in [3.8, 4) is 5.88 Å². The maximum atomic E-state index is 14.6. The number of carbonyl (C=O) groups is 2. The third-order valence-corrected chi connectivity index (χ3v) is 6.25. The summed E-state index contributed by atoms with van der Waals surface area (Å²) < 4.78 is 79.8. The second-order valence-corrected chi connectivity index (χ2v) is 10.5. The van der Waals surface area contributed by atoms with E-state index < -0.39 is 58.3 Å². The Hall–Kier alpha value is -4.62. The first-order chi connectivity index (χ1) is 19.9. The smallest absolute Gasteiger partial charge is 0.419 e. The number of nitrogen functional groups attached to an aromatic ring is 1. The van der Waals surface area contributed by atoms with E-state index in [0.717, 1.165) is 18.2 Å². The van der Waals surface area contributed by atoms with Gasteiger partial charge in [0.2, 0.25) is 5.88 Å². The fourth-order valence-electron chi connectivity index (χ4n) is 4.17. The van der Waals surface area contributed by atoms with Crippen molar-refractivity contribution in [2.24, 2.45) is 0 Å². The zero-order chi connectivity index (χ0) is 32.3. The number of nitrogens with two attached hydrogens (primary N) is 1. The lowest BCUT2D eigenvalue weighted by atomic mass is 10.0. The molecular weight excluding hydrogens is 579 g/mol. The van der Waals surface area contributed by atoms with Gasteiger partial charge in [0.25, 0.3) is 0 Å². The standard InChI is InChI=1S/C29H31F5N4O5/c1-15(38(27(41)43-28(2,3)4)11-10-23-21(35)7-9-25(37-23)42-5)17-12-16(30)6-8-22(17)36-24-14-19(29(32,33)34)20(31)13-18(24)26(39)40/h6-9,12-15,36H,10-11,35H2,1-5H3,(H,39,40). The molecule has 0 aliphatic rings. The Morgan fingerprint density at radius 1 is 1.07 bits per heavy atom. The molecule has 0 fully saturated rings. The number of nitrogens with one attached hydrogen (secondary N) is 1. The number of aromatic carboxylic acids is 1. The van der Waals surface area contributed by atoms with Gasteiger partial charge in [-0.15, -0.1) is 0 Å². The van der Waals surface area contributed by atoms with Gasteiger partial charge in [0.1, 0.15) is 17.2 Å². The second-order valence-electron chi connectivity index (χ2n) is 10.5. The molecule has 9 nitrogen and oxygen atoms in total. The van der Waals surface area contributed by atoms with Crippen LogP contribution in [0.1, 0.15) is 60.9 Å². The van der Waals surface area contributed by atoms with Gasteiger partial charge in [0.05, 0.1) is 41.3 Å². The molecule has 0 spiro atoms. The molecule has 1 heterocycles. The van der Waals surface area contributed by atoms with Crippen molar-refractivity contribution < 1.29 is 46.1 Å². The molecule has 43 heavy (non-hydrogen) atoms. The lowest BCUT2D eigenvalue weighted by Gasteiger charge is -2.33. The van der Waals surface area contributed by atoms with E-state index in [2.05, 4.69) is 10.3 Å². The molecule has 1 atom stereocenters. The number of methoxy groups -OCH3 is 1. The van der Waals surface area contributed by atoms with Crippen molar-refractivity contribution in [1.82, 2.24) is 9.88 Å². The molecule has 2 aromatic carbocycles. The molecule has 14 heteroatoms. The van der Waals surface area contributed by atoms with Gasteiger partial charge in [0.15, 0.2) is 0 Å². The predicted molar refractivity (Wildman–Crippen MR) is 148 cm³/mol. The number of aromatic nitrogens is 1. The molecule has 4 N–H and O–H groups in total. The summed E-state index contributed by atoms with van der Waals surface area (Å²) in [5.41, 5.74) is 2.78. The third-order valence-electron chi connectivity index (χ3n) is 6.25. The SMILES string of the molecule is COc1ccc(N)c(CCN(C(=O)OC(C)(C)C)C(C)c2cc(F)ccc2Nc2cc(C(F)(F)F)c(F)cc2C(=O)O)n1. The van der Waals surface area contributed by atoms with Crippen LogP contribution in [0.4, 0.5) is 43.8 Å². The molecule has 0 radical (unpaired) electrons. The first kappa shape index (κ1) is 32.9. The van der Waals surface area contributed by atoms with Crippen LogP contribution >= 0.6 is 0 Å². The van der Waals surface area contributed by atoms with E-state index in [1.165, 1.54) is 18.9 Å². The Morgan fingerprint density at radius 3 is 2.33 bits per heavy atom. The van der Waals surface area contributed by atoms with E-state index in [4.69, 9.17) is 15.2 Å². The van der Waals surface area contributed by atoms with Gasteiger partial charge in [-0.05, 0) is 64.1 Å². The van der Waals surface area contributed by atoms with Crippen LogP contribution in [0, 0.1) is 11.6 Å². The van der Waals surface area contributed by atoms with Crippen molar-refractivity contribution >= 4 is 29.1 Å². The number of amides is 1. The molecular formula is C29H31F5N4O5. The zero-order valence-corrected chi connectivity index (χ0v) is 24.0. The number of ether oxygens (including phenoxy) is 2. The fraction of sp³-hybridized carbons (Fsp3) is 0.345. The molecule has 232 valence electrons. The van der Waals surface area contributed by atoms with Crippen molar-refractivity contribution in [1.29, 1.82) is 0 Å². The molecule has 3 rings (SSSR count). The number of hydrogen-bond donors (Lipinski definition) is 3. The highest BCUT2D eigenvalue weighted by Crippen LogP contribution is 2.37. The van der Waals surface area contributed by atoms with Crippen molar-refractivity contribution in [2.75, 3.05) is 24.7 Å². The van der Waals surface area contributed by atoms with E-state index in [0.29, 0.717) is 17.4 Å². The van der Waals surface area contributed by atoms with Crippen LogP contribution in [0.3, 0.4) is 0 Å². The summed E-state index contributed by atoms with van der Waals surface area (Å²) in [6.07, 6.45) is -5.81. The van der Waals surface area contributed by atoms with E-state index in [-0.39, 0.29) is 36.2 Å². The molecule has 0 bridgehead atoms. The van der Waals surface area contributed by atoms with Crippen molar-refractivity contribution in [3.63, 3.8) is 0 Å². The number of carbonyl (C=O) groups excluding carboxylic acids is 1. The van der Waals surface area contributed by atoms with Crippen molar-refractivity contribution in [2.45, 2.75) is 51.9 Å². The van der Waals surface area contributed by atoms with Gasteiger partial charge >= 0.3 is 18.2 Å². The summed E-state index contributed by atoms with van der Waals surface area (Å²) in [4.78, 5) is 30.7. The van der Waals surface area contributed by atoms with E-state index in [1.807, 2.05) is 0 Å². The summed E-state index contributed by atoms with van der Waals surface area (Å²) in [6.45, 7) is 6.40. The summed E-state index contributed by atoms with van der Waals surface area (Å²) in [5.74, 6) is -3.94. The monoisotopic (exact) mass is 610 g/mol. The number of anilines is 3.